The molecule has 0 unspecified atom stereocenters. The van der Waals surface area contributed by atoms with E-state index in [2.05, 4.69) is 25.7 Å². The summed E-state index contributed by atoms with van der Waals surface area (Å²) >= 11 is 0. The number of pyridine rings is 1. The lowest BCUT2D eigenvalue weighted by molar-refractivity contribution is -0.274. The van der Waals surface area contributed by atoms with Gasteiger partial charge in [0.15, 0.2) is 0 Å². The second-order valence-corrected chi connectivity index (χ2v) is 11.3. The molecule has 3 N–H and O–H groups in total. The maximum atomic E-state index is 13.1. The fourth-order valence-electron chi connectivity index (χ4n) is 3.95. The molecule has 0 atom stereocenters. The summed E-state index contributed by atoms with van der Waals surface area (Å²) in [6, 6.07) is 14.2. The van der Waals surface area contributed by atoms with Crippen LogP contribution in [-0.4, -0.2) is 72.0 Å². The Balaban J connectivity index is 1.67. The van der Waals surface area contributed by atoms with E-state index in [4.69, 9.17) is 4.74 Å². The minimum Gasteiger partial charge on any atom is -0.444 e. The summed E-state index contributed by atoms with van der Waals surface area (Å²) < 4.78 is 46.5. The van der Waals surface area contributed by atoms with E-state index in [-0.39, 0.29) is 12.2 Å². The third-order valence-electron chi connectivity index (χ3n) is 5.90. The van der Waals surface area contributed by atoms with Crippen LogP contribution in [0.4, 0.5) is 39.8 Å². The van der Waals surface area contributed by atoms with Crippen molar-refractivity contribution >= 4 is 35.1 Å². The Kier molecular flexibility index (Phi) is 11.7. The first-order valence-corrected chi connectivity index (χ1v) is 14.0. The number of carbonyl (C=O) groups excluding carboxylic acids is 3. The summed E-state index contributed by atoms with van der Waals surface area (Å²) in [4.78, 5) is 46.1. The van der Waals surface area contributed by atoms with E-state index in [0.29, 0.717) is 35.6 Å². The van der Waals surface area contributed by atoms with Crippen LogP contribution in [0.1, 0.15) is 43.2 Å². The average molecular weight is 631 g/mol. The van der Waals surface area contributed by atoms with Crippen LogP contribution in [0.3, 0.4) is 0 Å². The number of carbonyl (C=O) groups is 3. The highest BCUT2D eigenvalue weighted by atomic mass is 19.4. The first kappa shape index (κ1) is 34.6. The zero-order valence-corrected chi connectivity index (χ0v) is 25.7. The average Bonchev–Trinajstić information content (AvgIpc) is 2.93. The number of alkyl halides is 3. The van der Waals surface area contributed by atoms with Crippen LogP contribution in [0.2, 0.25) is 0 Å². The first-order valence-electron chi connectivity index (χ1n) is 14.0. The number of benzene rings is 2. The van der Waals surface area contributed by atoms with Crippen molar-refractivity contribution in [3.63, 3.8) is 0 Å². The maximum Gasteiger partial charge on any atom is 0.573 e. The van der Waals surface area contributed by atoms with Crippen molar-refractivity contribution < 1.29 is 37.0 Å². The summed E-state index contributed by atoms with van der Waals surface area (Å²) in [6.07, 6.45) is -3.35. The van der Waals surface area contributed by atoms with Crippen molar-refractivity contribution in [2.75, 3.05) is 43.1 Å². The number of nitrogens with one attached hydrogen (secondary N) is 3. The van der Waals surface area contributed by atoms with Gasteiger partial charge in [0.05, 0.1) is 11.4 Å². The van der Waals surface area contributed by atoms with Gasteiger partial charge in [-0.25, -0.2) is 9.59 Å². The molecular formula is C31H37F3N6O5. The molecule has 0 saturated heterocycles. The molecule has 2 aromatic carbocycles. The Morgan fingerprint density at radius 1 is 0.844 bits per heavy atom. The second kappa shape index (κ2) is 15.2. The minimum absolute atomic E-state index is 0.107. The van der Waals surface area contributed by atoms with Gasteiger partial charge in [0.1, 0.15) is 17.0 Å². The van der Waals surface area contributed by atoms with E-state index in [1.165, 1.54) is 24.4 Å². The number of amides is 4. The molecule has 3 aromatic rings. The van der Waals surface area contributed by atoms with Gasteiger partial charge < -0.3 is 29.9 Å². The third-order valence-corrected chi connectivity index (χ3v) is 5.90. The molecule has 0 fully saturated rings. The van der Waals surface area contributed by atoms with Gasteiger partial charge in [-0.05, 0) is 95.9 Å². The van der Waals surface area contributed by atoms with E-state index < -0.39 is 35.7 Å². The normalized spacial score (nSPS) is 11.5. The lowest BCUT2D eigenvalue weighted by Crippen LogP contribution is -2.36. The molecule has 14 heteroatoms. The van der Waals surface area contributed by atoms with Gasteiger partial charge in [0.25, 0.3) is 5.91 Å². The van der Waals surface area contributed by atoms with Crippen molar-refractivity contribution in [3.8, 4) is 5.75 Å². The molecule has 0 aliphatic rings. The predicted molar refractivity (Wildman–Crippen MR) is 164 cm³/mol. The van der Waals surface area contributed by atoms with E-state index >= 15 is 0 Å². The molecule has 242 valence electrons. The van der Waals surface area contributed by atoms with Crippen molar-refractivity contribution in [1.82, 2.24) is 14.8 Å². The molecule has 0 bridgehead atoms. The molecule has 0 radical (unpaired) electrons. The Morgan fingerprint density at radius 2 is 1.49 bits per heavy atom. The molecular weight excluding hydrogens is 593 g/mol. The zero-order chi connectivity index (χ0) is 33.2. The topological polar surface area (TPSA) is 125 Å². The van der Waals surface area contributed by atoms with Gasteiger partial charge in [-0.3, -0.25) is 15.1 Å². The number of ether oxygens (including phenoxy) is 2. The highest BCUT2D eigenvalue weighted by Gasteiger charge is 2.31. The minimum atomic E-state index is -4.82. The van der Waals surface area contributed by atoms with E-state index in [1.807, 2.05) is 19.0 Å². The smallest absolute Gasteiger partial charge is 0.444 e. The van der Waals surface area contributed by atoms with Crippen molar-refractivity contribution in [2.24, 2.45) is 0 Å². The van der Waals surface area contributed by atoms with E-state index in [0.717, 1.165) is 18.7 Å². The molecule has 0 aliphatic heterocycles. The van der Waals surface area contributed by atoms with Crippen molar-refractivity contribution in [2.45, 2.75) is 45.7 Å². The number of hydrogen-bond acceptors (Lipinski definition) is 7. The predicted octanol–water partition coefficient (Wildman–Crippen LogP) is 6.57. The van der Waals surface area contributed by atoms with Gasteiger partial charge in [0.2, 0.25) is 0 Å². The van der Waals surface area contributed by atoms with Crippen LogP contribution in [0.5, 0.6) is 5.75 Å². The molecule has 1 aromatic heterocycles. The van der Waals surface area contributed by atoms with Crippen LogP contribution in [-0.2, 0) is 11.3 Å². The molecule has 11 nitrogen and oxygen atoms in total. The molecule has 3 rings (SSSR count). The van der Waals surface area contributed by atoms with Crippen molar-refractivity contribution in [3.05, 3.63) is 78.1 Å². The third kappa shape index (κ3) is 12.3. The van der Waals surface area contributed by atoms with Crippen LogP contribution < -0.4 is 20.7 Å². The Morgan fingerprint density at radius 3 is 2.04 bits per heavy atom. The number of anilines is 3. The number of urea groups is 1. The molecule has 45 heavy (non-hydrogen) atoms. The van der Waals surface area contributed by atoms with E-state index in [1.54, 1.807) is 56.0 Å². The number of nitrogens with zero attached hydrogens (tertiary/aromatic N) is 3. The van der Waals surface area contributed by atoms with Gasteiger partial charge in [-0.2, -0.15) is 0 Å². The first-order chi connectivity index (χ1) is 21.1. The van der Waals surface area contributed by atoms with Gasteiger partial charge in [-0.1, -0.05) is 18.2 Å². The van der Waals surface area contributed by atoms with Gasteiger partial charge >= 0.3 is 18.5 Å². The van der Waals surface area contributed by atoms with Gasteiger partial charge in [0, 0.05) is 25.0 Å². The quantitative estimate of drug-likeness (QED) is 0.219. The standard InChI is InChI=1S/C31H37F3N6O5/c1-30(2,3)45-29(43)38-25-10-7-6-9-24(25)37-27(41)26-16-11-21(19-35-26)20-40(18-8-17-39(4)5)28(42)36-22-12-14-23(15-13-22)44-31(32,33)34/h6-7,9-16,19H,8,17-18,20H2,1-5H3,(H,36,42)(H,37,41)(H,38,43). The van der Waals surface area contributed by atoms with Crippen LogP contribution in [0.15, 0.2) is 66.9 Å². The zero-order valence-electron chi connectivity index (χ0n) is 25.7. The number of para-hydroxylation sites is 2. The molecule has 4 amide bonds. The second-order valence-electron chi connectivity index (χ2n) is 11.3. The molecule has 0 saturated carbocycles. The van der Waals surface area contributed by atoms with Crippen LogP contribution >= 0.6 is 0 Å². The SMILES string of the molecule is CN(C)CCCN(Cc1ccc(C(=O)Nc2ccccc2NC(=O)OC(C)(C)C)nc1)C(=O)Nc1ccc(OC(F)(F)F)cc1. The Bertz CT molecular complexity index is 1440. The van der Waals surface area contributed by atoms with Crippen LogP contribution in [0, 0.1) is 0 Å². The highest BCUT2D eigenvalue weighted by molar-refractivity contribution is 6.05. The van der Waals surface area contributed by atoms with Crippen molar-refractivity contribution in [1.29, 1.82) is 0 Å². The summed E-state index contributed by atoms with van der Waals surface area (Å²) in [6.45, 7) is 6.47. The number of halogens is 3. The molecule has 0 aliphatic carbocycles. The van der Waals surface area contributed by atoms with Crippen LogP contribution in [0.25, 0.3) is 0 Å². The number of aromatic nitrogens is 1. The number of rotatable bonds is 11. The van der Waals surface area contributed by atoms with Gasteiger partial charge in [-0.15, -0.1) is 13.2 Å². The highest BCUT2D eigenvalue weighted by Crippen LogP contribution is 2.25. The van der Waals surface area contributed by atoms with E-state index in [9.17, 15) is 27.6 Å². The fourth-order valence-corrected chi connectivity index (χ4v) is 3.95. The maximum absolute atomic E-state index is 13.1. The summed E-state index contributed by atoms with van der Waals surface area (Å²) in [5.41, 5.74) is 1.04. The Labute approximate surface area is 259 Å². The molecule has 1 heterocycles. The molecule has 0 spiro atoms. The summed E-state index contributed by atoms with van der Waals surface area (Å²) in [7, 11) is 3.82. The monoisotopic (exact) mass is 630 g/mol. The summed E-state index contributed by atoms with van der Waals surface area (Å²) in [5, 5.41) is 8.05. The lowest BCUT2D eigenvalue weighted by Gasteiger charge is -2.24. The fraction of sp³-hybridized carbons (Fsp3) is 0.355. The number of hydrogen-bond donors (Lipinski definition) is 3. The Hall–Kier alpha value is -4.85. The largest absolute Gasteiger partial charge is 0.573 e. The lowest BCUT2D eigenvalue weighted by atomic mass is 10.2. The summed E-state index contributed by atoms with van der Waals surface area (Å²) in [5.74, 6) is -0.917.